The molecule has 1 aromatic carbocycles. The van der Waals surface area contributed by atoms with Gasteiger partial charge in [0.25, 0.3) is 0 Å². The minimum atomic E-state index is -2.83. The van der Waals surface area contributed by atoms with Crippen LogP contribution in [0.3, 0.4) is 0 Å². The van der Waals surface area contributed by atoms with E-state index in [0.717, 1.165) is 5.56 Å². The summed E-state index contributed by atoms with van der Waals surface area (Å²) in [5.41, 5.74) is 5.46. The van der Waals surface area contributed by atoms with Crippen LogP contribution in [0.4, 0.5) is 8.78 Å². The quantitative estimate of drug-likeness (QED) is 0.793. The van der Waals surface area contributed by atoms with Gasteiger partial charge in [-0.3, -0.25) is 4.79 Å². The summed E-state index contributed by atoms with van der Waals surface area (Å²) < 4.78 is 28.2. The van der Waals surface area contributed by atoms with E-state index in [2.05, 4.69) is 10.1 Å². The Balaban J connectivity index is 2.61. The standard InChI is InChI=1S/C13H18F2N2O2/c1-13(17-2,11(16)18)8-7-9-3-5-10(6-4-9)19-12(14)15/h3-6,12,17H,7-8H2,1-2H3,(H2,16,18). The molecule has 19 heavy (non-hydrogen) atoms. The molecule has 0 saturated heterocycles. The average molecular weight is 272 g/mol. The Morgan fingerprint density at radius 2 is 2.00 bits per heavy atom. The molecule has 1 amide bonds. The molecule has 4 nitrogen and oxygen atoms in total. The molecule has 0 saturated carbocycles. The number of ether oxygens (including phenoxy) is 1. The van der Waals surface area contributed by atoms with Crippen LogP contribution in [-0.4, -0.2) is 25.1 Å². The number of rotatable bonds is 7. The molecule has 0 radical (unpaired) electrons. The molecule has 0 aromatic heterocycles. The number of hydrogen-bond donors (Lipinski definition) is 2. The highest BCUT2D eigenvalue weighted by Gasteiger charge is 2.28. The number of carbonyl (C=O) groups is 1. The fourth-order valence-corrected chi connectivity index (χ4v) is 1.60. The third-order valence-electron chi connectivity index (χ3n) is 3.16. The van der Waals surface area contributed by atoms with Gasteiger partial charge in [-0.1, -0.05) is 12.1 Å². The number of halogens is 2. The molecular formula is C13H18F2N2O2. The number of likely N-dealkylation sites (N-methyl/N-ethyl adjacent to an activating group) is 1. The van der Waals surface area contributed by atoms with Crippen molar-refractivity contribution < 1.29 is 18.3 Å². The second kappa shape index (κ2) is 6.47. The first-order valence-corrected chi connectivity index (χ1v) is 5.90. The van der Waals surface area contributed by atoms with Crippen LogP contribution in [0.1, 0.15) is 18.9 Å². The summed E-state index contributed by atoms with van der Waals surface area (Å²) in [6.45, 7) is -1.10. The molecule has 0 bridgehead atoms. The van der Waals surface area contributed by atoms with Crippen molar-refractivity contribution in [3.05, 3.63) is 29.8 Å². The Labute approximate surface area is 110 Å². The monoisotopic (exact) mass is 272 g/mol. The molecule has 1 atom stereocenters. The number of primary amides is 1. The lowest BCUT2D eigenvalue weighted by molar-refractivity contribution is -0.123. The van der Waals surface area contributed by atoms with E-state index in [0.29, 0.717) is 12.8 Å². The Morgan fingerprint density at radius 1 is 1.42 bits per heavy atom. The summed E-state index contributed by atoms with van der Waals surface area (Å²) >= 11 is 0. The van der Waals surface area contributed by atoms with Crippen molar-refractivity contribution in [3.63, 3.8) is 0 Å². The van der Waals surface area contributed by atoms with Crippen LogP contribution in [0.25, 0.3) is 0 Å². The van der Waals surface area contributed by atoms with Gasteiger partial charge in [0.15, 0.2) is 0 Å². The Morgan fingerprint density at radius 3 is 2.42 bits per heavy atom. The van der Waals surface area contributed by atoms with Gasteiger partial charge in [-0.25, -0.2) is 0 Å². The Hall–Kier alpha value is -1.69. The zero-order chi connectivity index (χ0) is 14.5. The van der Waals surface area contributed by atoms with Gasteiger partial charge in [-0.15, -0.1) is 0 Å². The molecule has 1 rings (SSSR count). The van der Waals surface area contributed by atoms with E-state index in [1.54, 1.807) is 26.1 Å². The number of aryl methyl sites for hydroxylation is 1. The largest absolute Gasteiger partial charge is 0.435 e. The van der Waals surface area contributed by atoms with E-state index < -0.39 is 18.1 Å². The van der Waals surface area contributed by atoms with Crippen molar-refractivity contribution in [1.82, 2.24) is 5.32 Å². The zero-order valence-corrected chi connectivity index (χ0v) is 11.0. The van der Waals surface area contributed by atoms with Crippen LogP contribution < -0.4 is 15.8 Å². The molecule has 6 heteroatoms. The van der Waals surface area contributed by atoms with Crippen LogP contribution >= 0.6 is 0 Å². The highest BCUT2D eigenvalue weighted by atomic mass is 19.3. The summed E-state index contributed by atoms with van der Waals surface area (Å²) in [7, 11) is 1.67. The maximum Gasteiger partial charge on any atom is 0.387 e. The van der Waals surface area contributed by atoms with Crippen LogP contribution in [0, 0.1) is 0 Å². The molecule has 1 unspecified atom stereocenters. The predicted octanol–water partition coefficient (Wildman–Crippen LogP) is 1.68. The number of carbonyl (C=O) groups excluding carboxylic acids is 1. The molecule has 0 aliphatic carbocycles. The number of alkyl halides is 2. The fraction of sp³-hybridized carbons (Fsp3) is 0.462. The van der Waals surface area contributed by atoms with Crippen LogP contribution in [0.2, 0.25) is 0 Å². The van der Waals surface area contributed by atoms with Gasteiger partial charge in [0.2, 0.25) is 5.91 Å². The maximum absolute atomic E-state index is 12.0. The van der Waals surface area contributed by atoms with E-state index in [1.807, 2.05) is 0 Å². The first kappa shape index (κ1) is 15.4. The smallest absolute Gasteiger partial charge is 0.387 e. The van der Waals surface area contributed by atoms with Gasteiger partial charge in [0, 0.05) is 0 Å². The van der Waals surface area contributed by atoms with Crippen molar-refractivity contribution >= 4 is 5.91 Å². The number of nitrogens with one attached hydrogen (secondary N) is 1. The minimum absolute atomic E-state index is 0.116. The topological polar surface area (TPSA) is 64.3 Å². The average Bonchev–Trinajstić information content (AvgIpc) is 2.36. The molecule has 0 aliphatic rings. The molecule has 0 heterocycles. The number of benzene rings is 1. The van der Waals surface area contributed by atoms with Gasteiger partial charge in [0.1, 0.15) is 5.75 Å². The highest BCUT2D eigenvalue weighted by molar-refractivity contribution is 5.84. The van der Waals surface area contributed by atoms with Crippen molar-refractivity contribution in [3.8, 4) is 5.75 Å². The lowest BCUT2D eigenvalue weighted by Gasteiger charge is -2.25. The molecule has 1 aromatic rings. The van der Waals surface area contributed by atoms with Crippen LogP contribution in [0.5, 0.6) is 5.75 Å². The summed E-state index contributed by atoms with van der Waals surface area (Å²) in [6, 6.07) is 6.33. The number of nitrogens with two attached hydrogens (primary N) is 1. The van der Waals surface area contributed by atoms with E-state index in [4.69, 9.17) is 5.73 Å². The van der Waals surface area contributed by atoms with Crippen molar-refractivity contribution in [1.29, 1.82) is 0 Å². The molecule has 0 spiro atoms. The first-order valence-electron chi connectivity index (χ1n) is 5.90. The normalized spacial score (nSPS) is 14.2. The minimum Gasteiger partial charge on any atom is -0.435 e. The Kier molecular flexibility index (Phi) is 5.23. The molecule has 0 fully saturated rings. The molecular weight excluding hydrogens is 254 g/mol. The van der Waals surface area contributed by atoms with Crippen molar-refractivity contribution in [2.45, 2.75) is 31.9 Å². The van der Waals surface area contributed by atoms with E-state index in [-0.39, 0.29) is 5.75 Å². The SMILES string of the molecule is CNC(C)(CCc1ccc(OC(F)F)cc1)C(N)=O. The van der Waals surface area contributed by atoms with E-state index in [9.17, 15) is 13.6 Å². The number of amides is 1. The van der Waals surface area contributed by atoms with Gasteiger partial charge in [0.05, 0.1) is 5.54 Å². The van der Waals surface area contributed by atoms with Gasteiger partial charge < -0.3 is 15.8 Å². The molecule has 0 aliphatic heterocycles. The van der Waals surface area contributed by atoms with Gasteiger partial charge in [-0.2, -0.15) is 8.78 Å². The predicted molar refractivity (Wildman–Crippen MR) is 68.1 cm³/mol. The summed E-state index contributed by atoms with van der Waals surface area (Å²) in [4.78, 5) is 11.3. The maximum atomic E-state index is 12.0. The Bertz CT molecular complexity index is 423. The van der Waals surface area contributed by atoms with Gasteiger partial charge >= 0.3 is 6.61 Å². The third-order valence-corrected chi connectivity index (χ3v) is 3.16. The van der Waals surface area contributed by atoms with Gasteiger partial charge in [-0.05, 0) is 44.5 Å². The molecule has 3 N–H and O–H groups in total. The van der Waals surface area contributed by atoms with Crippen LogP contribution in [0.15, 0.2) is 24.3 Å². The van der Waals surface area contributed by atoms with Crippen molar-refractivity contribution in [2.75, 3.05) is 7.05 Å². The lowest BCUT2D eigenvalue weighted by atomic mass is 9.93. The highest BCUT2D eigenvalue weighted by Crippen LogP contribution is 2.18. The van der Waals surface area contributed by atoms with E-state index in [1.165, 1.54) is 12.1 Å². The summed E-state index contributed by atoms with van der Waals surface area (Å²) in [5, 5.41) is 2.89. The van der Waals surface area contributed by atoms with E-state index >= 15 is 0 Å². The second-order valence-electron chi connectivity index (χ2n) is 4.47. The zero-order valence-electron chi connectivity index (χ0n) is 11.0. The third kappa shape index (κ3) is 4.48. The first-order chi connectivity index (χ1) is 8.87. The fourth-order valence-electron chi connectivity index (χ4n) is 1.60. The second-order valence-corrected chi connectivity index (χ2v) is 4.47. The summed E-state index contributed by atoms with van der Waals surface area (Å²) in [6.07, 6.45) is 1.13. The molecule has 106 valence electrons. The van der Waals surface area contributed by atoms with Crippen LogP contribution in [-0.2, 0) is 11.2 Å². The lowest BCUT2D eigenvalue weighted by Crippen LogP contribution is -2.51. The summed E-state index contributed by atoms with van der Waals surface area (Å²) in [5.74, 6) is -0.308. The number of hydrogen-bond acceptors (Lipinski definition) is 3. The van der Waals surface area contributed by atoms with Crippen molar-refractivity contribution in [2.24, 2.45) is 5.73 Å².